The van der Waals surface area contributed by atoms with Crippen LogP contribution in [0.25, 0.3) is 0 Å². The standard InChI is InChI=1S/C12H13FN4O/c1-8(9-3-5-10(13)6-4-9)17(2)12(18)11-7-14-16-15-11/h3-8H,1-2H3,(H,14,15,16). The molecule has 0 radical (unpaired) electrons. The van der Waals surface area contributed by atoms with Gasteiger partial charge in [0.25, 0.3) is 5.91 Å². The van der Waals surface area contributed by atoms with Crippen LogP contribution in [0.15, 0.2) is 30.5 Å². The summed E-state index contributed by atoms with van der Waals surface area (Å²) in [5, 5.41) is 9.73. The average Bonchev–Trinajstić information content (AvgIpc) is 2.91. The molecular formula is C12H13FN4O. The van der Waals surface area contributed by atoms with Crippen LogP contribution in [0.2, 0.25) is 0 Å². The molecule has 0 aliphatic carbocycles. The van der Waals surface area contributed by atoms with Crippen molar-refractivity contribution in [2.75, 3.05) is 7.05 Å². The van der Waals surface area contributed by atoms with Crippen LogP contribution in [-0.2, 0) is 0 Å². The van der Waals surface area contributed by atoms with Gasteiger partial charge in [0.1, 0.15) is 5.82 Å². The van der Waals surface area contributed by atoms with Crippen molar-refractivity contribution < 1.29 is 9.18 Å². The molecule has 5 nitrogen and oxygen atoms in total. The van der Waals surface area contributed by atoms with Gasteiger partial charge in [-0.2, -0.15) is 15.4 Å². The highest BCUT2D eigenvalue weighted by atomic mass is 19.1. The lowest BCUT2D eigenvalue weighted by Gasteiger charge is -2.24. The molecule has 2 rings (SSSR count). The van der Waals surface area contributed by atoms with Crippen LogP contribution in [0.5, 0.6) is 0 Å². The molecule has 0 fully saturated rings. The second-order valence-electron chi connectivity index (χ2n) is 4.00. The normalized spacial score (nSPS) is 12.2. The lowest BCUT2D eigenvalue weighted by Crippen LogP contribution is -2.29. The number of amides is 1. The Balaban J connectivity index is 2.16. The van der Waals surface area contributed by atoms with Crippen LogP contribution in [0.3, 0.4) is 0 Å². The van der Waals surface area contributed by atoms with Crippen molar-refractivity contribution in [3.05, 3.63) is 47.5 Å². The minimum Gasteiger partial charge on any atom is -0.334 e. The van der Waals surface area contributed by atoms with E-state index in [0.29, 0.717) is 0 Å². The summed E-state index contributed by atoms with van der Waals surface area (Å²) in [6, 6.07) is 5.90. The maximum absolute atomic E-state index is 12.8. The summed E-state index contributed by atoms with van der Waals surface area (Å²) in [5.74, 6) is -0.531. The SMILES string of the molecule is CC(c1ccc(F)cc1)N(C)C(=O)c1cn[nH]n1. The van der Waals surface area contributed by atoms with Gasteiger partial charge in [-0.3, -0.25) is 4.79 Å². The van der Waals surface area contributed by atoms with E-state index < -0.39 is 0 Å². The quantitative estimate of drug-likeness (QED) is 0.900. The highest BCUT2D eigenvalue weighted by Gasteiger charge is 2.20. The lowest BCUT2D eigenvalue weighted by molar-refractivity contribution is 0.0736. The average molecular weight is 248 g/mol. The van der Waals surface area contributed by atoms with Crippen LogP contribution in [0, 0.1) is 5.82 Å². The number of rotatable bonds is 3. The van der Waals surface area contributed by atoms with Crippen molar-refractivity contribution in [1.82, 2.24) is 20.3 Å². The Labute approximate surface area is 104 Å². The first-order chi connectivity index (χ1) is 8.59. The molecule has 0 saturated carbocycles. The number of carbonyl (C=O) groups excluding carboxylic acids is 1. The zero-order valence-corrected chi connectivity index (χ0v) is 10.1. The number of aromatic amines is 1. The molecule has 1 amide bonds. The number of hydrogen-bond donors (Lipinski definition) is 1. The number of nitrogens with zero attached hydrogens (tertiary/aromatic N) is 3. The molecule has 0 aliphatic rings. The number of hydrogen-bond acceptors (Lipinski definition) is 3. The van der Waals surface area contributed by atoms with Crippen molar-refractivity contribution in [3.8, 4) is 0 Å². The van der Waals surface area contributed by atoms with Crippen molar-refractivity contribution in [3.63, 3.8) is 0 Å². The zero-order chi connectivity index (χ0) is 13.1. The van der Waals surface area contributed by atoms with Crippen LogP contribution in [0.1, 0.15) is 29.0 Å². The van der Waals surface area contributed by atoms with Gasteiger partial charge in [0, 0.05) is 7.05 Å². The van der Waals surface area contributed by atoms with Crippen molar-refractivity contribution in [1.29, 1.82) is 0 Å². The first-order valence-electron chi connectivity index (χ1n) is 5.48. The molecule has 18 heavy (non-hydrogen) atoms. The van der Waals surface area contributed by atoms with Gasteiger partial charge < -0.3 is 4.90 Å². The summed E-state index contributed by atoms with van der Waals surface area (Å²) < 4.78 is 12.8. The van der Waals surface area contributed by atoms with E-state index in [2.05, 4.69) is 15.4 Å². The van der Waals surface area contributed by atoms with Crippen molar-refractivity contribution in [2.45, 2.75) is 13.0 Å². The fourth-order valence-electron chi connectivity index (χ4n) is 1.63. The zero-order valence-electron chi connectivity index (χ0n) is 10.1. The van der Waals surface area contributed by atoms with E-state index in [9.17, 15) is 9.18 Å². The maximum Gasteiger partial charge on any atom is 0.276 e. The molecule has 0 saturated heterocycles. The predicted molar refractivity (Wildman–Crippen MR) is 63.3 cm³/mol. The van der Waals surface area contributed by atoms with Crippen molar-refractivity contribution >= 4 is 5.91 Å². The third-order valence-corrected chi connectivity index (χ3v) is 2.89. The van der Waals surface area contributed by atoms with Gasteiger partial charge in [-0.15, -0.1) is 0 Å². The maximum atomic E-state index is 12.8. The van der Waals surface area contributed by atoms with E-state index in [-0.39, 0.29) is 23.5 Å². The fraction of sp³-hybridized carbons (Fsp3) is 0.250. The number of benzene rings is 1. The highest BCUT2D eigenvalue weighted by Crippen LogP contribution is 2.20. The summed E-state index contributed by atoms with van der Waals surface area (Å²) in [6.07, 6.45) is 1.37. The highest BCUT2D eigenvalue weighted by molar-refractivity contribution is 5.91. The summed E-state index contributed by atoms with van der Waals surface area (Å²) >= 11 is 0. The molecule has 1 heterocycles. The van der Waals surface area contributed by atoms with E-state index >= 15 is 0 Å². The molecule has 94 valence electrons. The smallest absolute Gasteiger partial charge is 0.276 e. The van der Waals surface area contributed by atoms with Gasteiger partial charge in [-0.05, 0) is 24.6 Å². The van der Waals surface area contributed by atoms with E-state index in [4.69, 9.17) is 0 Å². The minimum absolute atomic E-state index is 0.171. The molecule has 2 aromatic rings. The Morgan fingerprint density at radius 2 is 2.06 bits per heavy atom. The van der Waals surface area contributed by atoms with E-state index in [0.717, 1.165) is 5.56 Å². The number of nitrogens with one attached hydrogen (secondary N) is 1. The molecule has 1 N–H and O–H groups in total. The number of carbonyl (C=O) groups is 1. The summed E-state index contributed by atoms with van der Waals surface area (Å²) in [5.41, 5.74) is 1.11. The third-order valence-electron chi connectivity index (χ3n) is 2.89. The van der Waals surface area contributed by atoms with E-state index in [1.165, 1.54) is 23.2 Å². The monoisotopic (exact) mass is 248 g/mol. The molecule has 0 aliphatic heterocycles. The lowest BCUT2D eigenvalue weighted by atomic mass is 10.1. The molecule has 0 bridgehead atoms. The molecule has 1 unspecified atom stereocenters. The minimum atomic E-state index is -0.295. The van der Waals surface area contributed by atoms with Crippen LogP contribution in [-0.4, -0.2) is 33.3 Å². The number of aromatic nitrogens is 3. The Hall–Kier alpha value is -2.24. The van der Waals surface area contributed by atoms with E-state index in [1.54, 1.807) is 19.2 Å². The Bertz CT molecular complexity index is 524. The van der Waals surface area contributed by atoms with Crippen LogP contribution < -0.4 is 0 Å². The molecule has 0 spiro atoms. The first-order valence-corrected chi connectivity index (χ1v) is 5.48. The molecule has 1 aromatic carbocycles. The van der Waals surface area contributed by atoms with Gasteiger partial charge in [0.2, 0.25) is 0 Å². The van der Waals surface area contributed by atoms with E-state index in [1.807, 2.05) is 6.92 Å². The third kappa shape index (κ3) is 2.37. The molecule has 1 aromatic heterocycles. The number of H-pyrrole nitrogens is 1. The van der Waals surface area contributed by atoms with Crippen molar-refractivity contribution in [2.24, 2.45) is 0 Å². The van der Waals surface area contributed by atoms with Gasteiger partial charge in [-0.1, -0.05) is 12.1 Å². The largest absolute Gasteiger partial charge is 0.334 e. The Morgan fingerprint density at radius 1 is 1.39 bits per heavy atom. The fourth-order valence-corrected chi connectivity index (χ4v) is 1.63. The topological polar surface area (TPSA) is 61.9 Å². The molecule has 1 atom stereocenters. The second kappa shape index (κ2) is 4.95. The first kappa shape index (κ1) is 12.2. The van der Waals surface area contributed by atoms with Crippen LogP contribution >= 0.6 is 0 Å². The molecular weight excluding hydrogens is 235 g/mol. The Kier molecular flexibility index (Phi) is 3.36. The molecule has 6 heteroatoms. The van der Waals surface area contributed by atoms with Gasteiger partial charge in [0.15, 0.2) is 5.69 Å². The van der Waals surface area contributed by atoms with Gasteiger partial charge in [0.05, 0.1) is 12.2 Å². The second-order valence-corrected chi connectivity index (χ2v) is 4.00. The van der Waals surface area contributed by atoms with Gasteiger partial charge in [-0.25, -0.2) is 4.39 Å². The predicted octanol–water partition coefficient (Wildman–Crippen LogP) is 1.78. The summed E-state index contributed by atoms with van der Waals surface area (Å²) in [4.78, 5) is 13.5. The summed E-state index contributed by atoms with van der Waals surface area (Å²) in [6.45, 7) is 1.87. The van der Waals surface area contributed by atoms with Gasteiger partial charge >= 0.3 is 0 Å². The Morgan fingerprint density at radius 3 is 2.61 bits per heavy atom. The number of halogens is 1. The summed E-state index contributed by atoms with van der Waals surface area (Å²) in [7, 11) is 1.67. The van der Waals surface area contributed by atoms with Crippen LogP contribution in [0.4, 0.5) is 4.39 Å².